The fourth-order valence-electron chi connectivity index (χ4n) is 5.49. The van der Waals surface area contributed by atoms with Crippen LogP contribution in [0, 0.1) is 23.2 Å². The van der Waals surface area contributed by atoms with E-state index in [0.29, 0.717) is 5.41 Å². The highest BCUT2D eigenvalue weighted by molar-refractivity contribution is 5.01. The van der Waals surface area contributed by atoms with Gasteiger partial charge in [0.05, 0.1) is 5.60 Å². The molecule has 4 aliphatic carbocycles. The van der Waals surface area contributed by atoms with Crippen molar-refractivity contribution in [3.63, 3.8) is 0 Å². The van der Waals surface area contributed by atoms with Crippen molar-refractivity contribution >= 4 is 0 Å². The third-order valence-corrected chi connectivity index (χ3v) is 5.66. The Balaban J connectivity index is 1.59. The molecule has 4 fully saturated rings. The third kappa shape index (κ3) is 2.54. The summed E-state index contributed by atoms with van der Waals surface area (Å²) in [5.41, 5.74) is 0.252. The lowest BCUT2D eigenvalue weighted by atomic mass is 9.48. The first kappa shape index (κ1) is 12.0. The zero-order valence-corrected chi connectivity index (χ0v) is 11.5. The van der Waals surface area contributed by atoms with Crippen molar-refractivity contribution in [3.05, 3.63) is 0 Å². The molecule has 1 nitrogen and oxygen atoms in total. The topological polar surface area (TPSA) is 20.2 Å². The molecule has 0 amide bonds. The average Bonchev–Trinajstić information content (AvgIpc) is 2.11. The molecule has 0 aromatic carbocycles. The Morgan fingerprint density at radius 2 is 1.47 bits per heavy atom. The highest BCUT2D eigenvalue weighted by Gasteiger charge is 2.50. The lowest BCUT2D eigenvalue weighted by Gasteiger charge is -2.57. The van der Waals surface area contributed by atoms with Crippen LogP contribution in [-0.2, 0) is 0 Å². The molecule has 17 heavy (non-hydrogen) atoms. The summed E-state index contributed by atoms with van der Waals surface area (Å²) < 4.78 is 0. The van der Waals surface area contributed by atoms with E-state index < -0.39 is 5.60 Å². The van der Waals surface area contributed by atoms with Crippen molar-refractivity contribution in [3.8, 4) is 0 Å². The van der Waals surface area contributed by atoms with Crippen molar-refractivity contribution in [1.29, 1.82) is 0 Å². The summed E-state index contributed by atoms with van der Waals surface area (Å²) >= 11 is 0. The molecule has 1 N–H and O–H groups in total. The van der Waals surface area contributed by atoms with E-state index in [9.17, 15) is 5.11 Å². The zero-order valence-electron chi connectivity index (χ0n) is 11.5. The second-order valence-electron chi connectivity index (χ2n) is 8.08. The van der Waals surface area contributed by atoms with E-state index in [1.807, 2.05) is 13.8 Å². The van der Waals surface area contributed by atoms with Gasteiger partial charge in [-0.25, -0.2) is 0 Å². The summed E-state index contributed by atoms with van der Waals surface area (Å²) in [5.74, 6) is 3.22. The Bertz CT molecular complexity index is 251. The van der Waals surface area contributed by atoms with Crippen LogP contribution in [0.4, 0.5) is 0 Å². The molecule has 0 heterocycles. The molecule has 0 unspecified atom stereocenters. The van der Waals surface area contributed by atoms with E-state index in [-0.39, 0.29) is 0 Å². The van der Waals surface area contributed by atoms with Gasteiger partial charge >= 0.3 is 0 Å². The Morgan fingerprint density at radius 1 is 1.00 bits per heavy atom. The highest BCUT2D eigenvalue weighted by atomic mass is 16.3. The van der Waals surface area contributed by atoms with Crippen LogP contribution in [0.15, 0.2) is 0 Å². The van der Waals surface area contributed by atoms with Gasteiger partial charge in [0.2, 0.25) is 0 Å². The molecular formula is C16H28O. The predicted octanol–water partition coefficient (Wildman–Crippen LogP) is 4.14. The minimum atomic E-state index is -0.456. The zero-order chi connectivity index (χ0) is 12.1. The Kier molecular flexibility index (Phi) is 2.81. The molecule has 4 saturated carbocycles. The number of hydrogen-bond donors (Lipinski definition) is 1. The Labute approximate surface area is 106 Å². The Hall–Kier alpha value is -0.0400. The molecule has 0 aromatic rings. The normalized spacial score (nSPS) is 44.3. The molecular weight excluding hydrogens is 208 g/mol. The van der Waals surface area contributed by atoms with Gasteiger partial charge in [0, 0.05) is 0 Å². The van der Waals surface area contributed by atoms with Gasteiger partial charge in [0.15, 0.2) is 0 Å². The lowest BCUT2D eigenvalue weighted by molar-refractivity contribution is -0.0608. The number of hydrogen-bond acceptors (Lipinski definition) is 1. The van der Waals surface area contributed by atoms with E-state index in [1.165, 1.54) is 32.1 Å². The van der Waals surface area contributed by atoms with Crippen LogP contribution < -0.4 is 0 Å². The maximum absolute atomic E-state index is 9.83. The van der Waals surface area contributed by atoms with Gasteiger partial charge in [-0.15, -0.1) is 0 Å². The van der Waals surface area contributed by atoms with Gasteiger partial charge in [-0.05, 0) is 88.4 Å². The number of aliphatic hydroxyl groups is 1. The average molecular weight is 236 g/mol. The summed E-state index contributed by atoms with van der Waals surface area (Å²) in [6.07, 6.45) is 12.8. The number of rotatable bonds is 4. The lowest BCUT2D eigenvalue weighted by Crippen LogP contribution is -2.46. The molecule has 0 aromatic heterocycles. The van der Waals surface area contributed by atoms with Gasteiger partial charge in [-0.2, -0.15) is 0 Å². The van der Waals surface area contributed by atoms with Crippen LogP contribution in [0.25, 0.3) is 0 Å². The molecule has 1 heteroatoms. The van der Waals surface area contributed by atoms with E-state index in [0.717, 1.165) is 24.2 Å². The first-order valence-electron chi connectivity index (χ1n) is 7.67. The van der Waals surface area contributed by atoms with Crippen LogP contribution in [0.3, 0.4) is 0 Å². The molecule has 98 valence electrons. The van der Waals surface area contributed by atoms with Gasteiger partial charge < -0.3 is 5.11 Å². The molecule has 4 bridgehead atoms. The summed E-state index contributed by atoms with van der Waals surface area (Å²) in [5, 5.41) is 9.83. The van der Waals surface area contributed by atoms with E-state index in [1.54, 1.807) is 19.3 Å². The molecule has 4 rings (SSSR count). The summed E-state index contributed by atoms with van der Waals surface area (Å²) in [4.78, 5) is 0. The predicted molar refractivity (Wildman–Crippen MR) is 70.8 cm³/mol. The van der Waals surface area contributed by atoms with Crippen molar-refractivity contribution in [2.45, 2.75) is 77.2 Å². The van der Waals surface area contributed by atoms with Crippen molar-refractivity contribution < 1.29 is 5.11 Å². The van der Waals surface area contributed by atoms with E-state index in [4.69, 9.17) is 0 Å². The van der Waals surface area contributed by atoms with E-state index >= 15 is 0 Å². The molecule has 0 saturated heterocycles. The minimum Gasteiger partial charge on any atom is -0.390 e. The first-order valence-corrected chi connectivity index (χ1v) is 7.67. The third-order valence-electron chi connectivity index (χ3n) is 5.66. The summed E-state index contributed by atoms with van der Waals surface area (Å²) in [7, 11) is 0. The standard InChI is InChI=1S/C16H28O/c1-15(2,17)4-3-5-16-9-12-6-13(10-16)8-14(7-12)11-16/h12-14,17H,3-11H2,1-2H3. The van der Waals surface area contributed by atoms with Crippen molar-refractivity contribution in [2.75, 3.05) is 0 Å². The molecule has 0 spiro atoms. The summed E-state index contributed by atoms with van der Waals surface area (Å²) in [6, 6.07) is 0. The van der Waals surface area contributed by atoms with Gasteiger partial charge in [0.25, 0.3) is 0 Å². The second kappa shape index (κ2) is 3.98. The van der Waals surface area contributed by atoms with Crippen LogP contribution in [0.5, 0.6) is 0 Å². The second-order valence-corrected chi connectivity index (χ2v) is 8.08. The molecule has 0 atom stereocenters. The van der Waals surface area contributed by atoms with Crippen LogP contribution in [0.1, 0.15) is 71.6 Å². The first-order chi connectivity index (χ1) is 7.94. The Morgan fingerprint density at radius 3 is 1.88 bits per heavy atom. The van der Waals surface area contributed by atoms with E-state index in [2.05, 4.69) is 0 Å². The largest absolute Gasteiger partial charge is 0.390 e. The molecule has 4 aliphatic rings. The van der Waals surface area contributed by atoms with Gasteiger partial charge in [0.1, 0.15) is 0 Å². The van der Waals surface area contributed by atoms with Crippen molar-refractivity contribution in [1.82, 2.24) is 0 Å². The SMILES string of the molecule is CC(C)(O)CCCC12CC3CC(CC(C3)C1)C2. The van der Waals surface area contributed by atoms with Gasteiger partial charge in [-0.1, -0.05) is 6.42 Å². The monoisotopic (exact) mass is 236 g/mol. The fraction of sp³-hybridized carbons (Fsp3) is 1.00. The fourth-order valence-corrected chi connectivity index (χ4v) is 5.49. The minimum absolute atomic E-state index is 0.456. The maximum Gasteiger partial charge on any atom is 0.0591 e. The van der Waals surface area contributed by atoms with Crippen LogP contribution in [-0.4, -0.2) is 10.7 Å². The smallest absolute Gasteiger partial charge is 0.0591 e. The molecule has 0 radical (unpaired) electrons. The van der Waals surface area contributed by atoms with Crippen LogP contribution >= 0.6 is 0 Å². The van der Waals surface area contributed by atoms with Crippen LogP contribution in [0.2, 0.25) is 0 Å². The highest BCUT2D eigenvalue weighted by Crippen LogP contribution is 2.61. The molecule has 0 aliphatic heterocycles. The van der Waals surface area contributed by atoms with Crippen molar-refractivity contribution in [2.24, 2.45) is 23.2 Å². The maximum atomic E-state index is 9.83. The summed E-state index contributed by atoms with van der Waals surface area (Å²) in [6.45, 7) is 3.90. The van der Waals surface area contributed by atoms with Gasteiger partial charge in [-0.3, -0.25) is 0 Å². The quantitative estimate of drug-likeness (QED) is 0.777.